The van der Waals surface area contributed by atoms with E-state index in [9.17, 15) is 8.42 Å². The first-order chi connectivity index (χ1) is 7.88. The van der Waals surface area contributed by atoms with Crippen molar-refractivity contribution >= 4 is 44.5 Å². The third kappa shape index (κ3) is 3.55. The van der Waals surface area contributed by atoms with Crippen LogP contribution in [0.1, 0.15) is 13.3 Å². The number of nitrogens with one attached hydrogen (secondary N) is 1. The fourth-order valence-corrected chi connectivity index (χ4v) is 3.50. The molecule has 0 bridgehead atoms. The zero-order chi connectivity index (χ0) is 13.1. The van der Waals surface area contributed by atoms with Crippen molar-refractivity contribution < 1.29 is 8.42 Å². The smallest absolute Gasteiger partial charge is 0.242 e. The molecule has 1 rings (SSSR count). The Kier molecular flexibility index (Phi) is 4.73. The van der Waals surface area contributed by atoms with E-state index in [1.165, 1.54) is 0 Å². The molecule has 0 fully saturated rings. The SMILES string of the molecule is CCC(C(N)=S)S(=O)(=O)Nc1ccccc1Cl. The largest absolute Gasteiger partial charge is 0.392 e. The Hall–Kier alpha value is -0.850. The molecular weight excluding hydrogens is 280 g/mol. The summed E-state index contributed by atoms with van der Waals surface area (Å²) in [7, 11) is -3.65. The van der Waals surface area contributed by atoms with Crippen LogP contribution in [0.15, 0.2) is 24.3 Å². The van der Waals surface area contributed by atoms with Gasteiger partial charge in [0.2, 0.25) is 10.0 Å². The maximum absolute atomic E-state index is 12.0. The van der Waals surface area contributed by atoms with Gasteiger partial charge in [0, 0.05) is 0 Å². The van der Waals surface area contributed by atoms with Crippen molar-refractivity contribution in [3.05, 3.63) is 29.3 Å². The summed E-state index contributed by atoms with van der Waals surface area (Å²) < 4.78 is 26.4. The van der Waals surface area contributed by atoms with Crippen LogP contribution in [0.5, 0.6) is 0 Å². The van der Waals surface area contributed by atoms with Crippen LogP contribution in [-0.2, 0) is 10.0 Å². The van der Waals surface area contributed by atoms with E-state index in [4.69, 9.17) is 29.6 Å². The van der Waals surface area contributed by atoms with Gasteiger partial charge in [0.15, 0.2) is 0 Å². The average molecular weight is 293 g/mol. The molecule has 1 aromatic rings. The molecule has 1 atom stereocenters. The van der Waals surface area contributed by atoms with E-state index >= 15 is 0 Å². The second-order valence-electron chi connectivity index (χ2n) is 3.43. The van der Waals surface area contributed by atoms with Crippen LogP contribution in [0.3, 0.4) is 0 Å². The molecule has 3 N–H and O–H groups in total. The molecule has 1 unspecified atom stereocenters. The molecule has 0 aromatic heterocycles. The van der Waals surface area contributed by atoms with Gasteiger partial charge < -0.3 is 5.73 Å². The molecule has 0 spiro atoms. The van der Waals surface area contributed by atoms with Crippen LogP contribution in [0, 0.1) is 0 Å². The third-order valence-corrected chi connectivity index (χ3v) is 4.79. The van der Waals surface area contributed by atoms with Gasteiger partial charge in [-0.3, -0.25) is 4.72 Å². The van der Waals surface area contributed by atoms with Crippen molar-refractivity contribution in [1.82, 2.24) is 0 Å². The molecule has 0 aliphatic rings. The van der Waals surface area contributed by atoms with Crippen LogP contribution in [0.2, 0.25) is 5.02 Å². The van der Waals surface area contributed by atoms with E-state index in [2.05, 4.69) is 4.72 Å². The van der Waals surface area contributed by atoms with Crippen molar-refractivity contribution in [3.8, 4) is 0 Å². The normalized spacial score (nSPS) is 13.1. The Labute approximate surface area is 111 Å². The highest BCUT2D eigenvalue weighted by Gasteiger charge is 2.26. The van der Waals surface area contributed by atoms with Gasteiger partial charge in [0.1, 0.15) is 5.25 Å². The first-order valence-electron chi connectivity index (χ1n) is 4.94. The van der Waals surface area contributed by atoms with Gasteiger partial charge in [0.05, 0.1) is 15.7 Å². The molecule has 1 aromatic carbocycles. The van der Waals surface area contributed by atoms with Crippen molar-refractivity contribution in [2.24, 2.45) is 5.73 Å². The lowest BCUT2D eigenvalue weighted by atomic mass is 10.3. The number of benzene rings is 1. The van der Waals surface area contributed by atoms with E-state index in [0.717, 1.165) is 0 Å². The molecule has 0 amide bonds. The van der Waals surface area contributed by atoms with E-state index in [0.29, 0.717) is 17.1 Å². The van der Waals surface area contributed by atoms with Crippen LogP contribution in [0.4, 0.5) is 5.69 Å². The average Bonchev–Trinajstić information content (AvgIpc) is 2.21. The summed E-state index contributed by atoms with van der Waals surface area (Å²) in [6.07, 6.45) is 0.315. The Balaban J connectivity index is 3.02. The second-order valence-corrected chi connectivity index (χ2v) is 6.17. The van der Waals surface area contributed by atoms with Gasteiger partial charge in [-0.2, -0.15) is 0 Å². The minimum absolute atomic E-state index is 0.0490. The lowest BCUT2D eigenvalue weighted by molar-refractivity contribution is 0.594. The van der Waals surface area contributed by atoms with Crippen LogP contribution in [0.25, 0.3) is 0 Å². The molecule has 94 valence electrons. The molecule has 0 aliphatic carbocycles. The van der Waals surface area contributed by atoms with Gasteiger partial charge in [-0.25, -0.2) is 8.42 Å². The molecule has 0 radical (unpaired) electrons. The molecular formula is C10H13ClN2O2S2. The number of halogens is 1. The maximum atomic E-state index is 12.0. The van der Waals surface area contributed by atoms with Crippen molar-refractivity contribution in [2.75, 3.05) is 4.72 Å². The first-order valence-corrected chi connectivity index (χ1v) is 7.27. The topological polar surface area (TPSA) is 72.2 Å². The fraction of sp³-hybridized carbons (Fsp3) is 0.300. The van der Waals surface area contributed by atoms with E-state index in [1.54, 1.807) is 31.2 Å². The number of rotatable bonds is 5. The summed E-state index contributed by atoms with van der Waals surface area (Å²) in [6, 6.07) is 6.57. The Morgan fingerprint density at radius 1 is 1.53 bits per heavy atom. The highest BCUT2D eigenvalue weighted by Crippen LogP contribution is 2.23. The molecule has 4 nitrogen and oxygen atoms in total. The predicted molar refractivity (Wildman–Crippen MR) is 74.9 cm³/mol. The number of hydrogen-bond acceptors (Lipinski definition) is 3. The summed E-state index contributed by atoms with van der Waals surface area (Å²) >= 11 is 10.6. The minimum atomic E-state index is -3.65. The highest BCUT2D eigenvalue weighted by atomic mass is 35.5. The zero-order valence-electron chi connectivity index (χ0n) is 9.18. The Morgan fingerprint density at radius 3 is 2.59 bits per heavy atom. The standard InChI is InChI=1S/C10H13ClN2O2S2/c1-2-9(10(12)16)17(14,15)13-8-6-4-3-5-7(8)11/h3-6,9,13H,2H2,1H3,(H2,12,16). The van der Waals surface area contributed by atoms with Crippen LogP contribution < -0.4 is 10.5 Å². The van der Waals surface area contributed by atoms with E-state index in [1.807, 2.05) is 0 Å². The molecule has 0 heterocycles. The van der Waals surface area contributed by atoms with Gasteiger partial charge in [-0.15, -0.1) is 0 Å². The minimum Gasteiger partial charge on any atom is -0.392 e. The number of anilines is 1. The number of nitrogens with two attached hydrogens (primary N) is 1. The van der Waals surface area contributed by atoms with Gasteiger partial charge in [-0.1, -0.05) is 42.9 Å². The van der Waals surface area contributed by atoms with Crippen molar-refractivity contribution in [2.45, 2.75) is 18.6 Å². The quantitative estimate of drug-likeness (QED) is 0.816. The molecule has 0 saturated carbocycles. The first kappa shape index (κ1) is 14.2. The Bertz CT molecular complexity index is 517. The summed E-state index contributed by atoms with van der Waals surface area (Å²) in [5, 5.41) is -0.567. The van der Waals surface area contributed by atoms with Crippen LogP contribution in [-0.4, -0.2) is 18.7 Å². The summed E-state index contributed by atoms with van der Waals surface area (Å²) in [6.45, 7) is 1.70. The number of sulfonamides is 1. The summed E-state index contributed by atoms with van der Waals surface area (Å²) in [5.74, 6) is 0. The van der Waals surface area contributed by atoms with Crippen molar-refractivity contribution in [1.29, 1.82) is 0 Å². The predicted octanol–water partition coefficient (Wildman–Crippen LogP) is 2.15. The number of thiocarbonyl (C=S) groups is 1. The third-order valence-electron chi connectivity index (χ3n) is 2.19. The molecule has 17 heavy (non-hydrogen) atoms. The number of para-hydroxylation sites is 1. The maximum Gasteiger partial charge on any atom is 0.242 e. The van der Waals surface area contributed by atoms with Crippen molar-refractivity contribution in [3.63, 3.8) is 0 Å². The molecule has 7 heteroatoms. The Morgan fingerprint density at radius 2 is 2.12 bits per heavy atom. The highest BCUT2D eigenvalue weighted by molar-refractivity contribution is 7.95. The second kappa shape index (κ2) is 5.66. The van der Waals surface area contributed by atoms with Gasteiger partial charge >= 0.3 is 0 Å². The zero-order valence-corrected chi connectivity index (χ0v) is 11.6. The van der Waals surface area contributed by atoms with E-state index in [-0.39, 0.29) is 4.99 Å². The summed E-state index contributed by atoms with van der Waals surface area (Å²) in [4.78, 5) is -0.0490. The number of hydrogen-bond donors (Lipinski definition) is 2. The molecule has 0 aliphatic heterocycles. The monoisotopic (exact) mass is 292 g/mol. The summed E-state index contributed by atoms with van der Waals surface area (Å²) in [5.41, 5.74) is 5.73. The molecule has 0 saturated heterocycles. The van der Waals surface area contributed by atoms with Gasteiger partial charge in [-0.05, 0) is 18.6 Å². The van der Waals surface area contributed by atoms with Crippen LogP contribution >= 0.6 is 23.8 Å². The van der Waals surface area contributed by atoms with E-state index < -0.39 is 15.3 Å². The lowest BCUT2D eigenvalue weighted by Crippen LogP contribution is -2.37. The van der Waals surface area contributed by atoms with Gasteiger partial charge in [0.25, 0.3) is 0 Å². The fourth-order valence-electron chi connectivity index (χ4n) is 1.34. The lowest BCUT2D eigenvalue weighted by Gasteiger charge is -2.16.